The number of hydrogen-bond acceptors (Lipinski definition) is 3. The first-order valence-electron chi connectivity index (χ1n) is 5.17. The molecular weight excluding hydrogens is 209 g/mol. The van der Waals surface area contributed by atoms with Gasteiger partial charge in [-0.1, -0.05) is 0 Å². The molecule has 1 rings (SSSR count). The third kappa shape index (κ3) is 3.70. The minimum absolute atomic E-state index is 0.248. The van der Waals surface area contributed by atoms with Crippen LogP contribution in [0.15, 0.2) is 18.2 Å². The van der Waals surface area contributed by atoms with Gasteiger partial charge in [0.1, 0.15) is 11.6 Å². The summed E-state index contributed by atoms with van der Waals surface area (Å²) in [6, 6.07) is 4.09. The van der Waals surface area contributed by atoms with Gasteiger partial charge in [-0.25, -0.2) is 4.39 Å². The standard InChI is InChI=1S/C12H18FNO2/c1-12(2,15-3)6-7-16-11-8-9(13)4-5-10(11)14/h4-5,8H,6-7,14H2,1-3H3. The lowest BCUT2D eigenvalue weighted by Gasteiger charge is -2.22. The normalized spacial score (nSPS) is 11.5. The second-order valence-corrected chi connectivity index (χ2v) is 4.24. The maximum Gasteiger partial charge on any atom is 0.145 e. The highest BCUT2D eigenvalue weighted by atomic mass is 19.1. The van der Waals surface area contributed by atoms with E-state index in [1.165, 1.54) is 18.2 Å². The number of nitrogen functional groups attached to an aromatic ring is 1. The number of halogens is 1. The van der Waals surface area contributed by atoms with E-state index in [2.05, 4.69) is 0 Å². The van der Waals surface area contributed by atoms with Crippen molar-refractivity contribution in [3.05, 3.63) is 24.0 Å². The lowest BCUT2D eigenvalue weighted by atomic mass is 10.1. The Morgan fingerprint density at radius 2 is 2.06 bits per heavy atom. The van der Waals surface area contributed by atoms with E-state index in [9.17, 15) is 4.39 Å². The number of nitrogens with two attached hydrogens (primary N) is 1. The van der Waals surface area contributed by atoms with E-state index in [4.69, 9.17) is 15.2 Å². The average molecular weight is 227 g/mol. The van der Waals surface area contributed by atoms with E-state index in [1.807, 2.05) is 13.8 Å². The van der Waals surface area contributed by atoms with E-state index in [-0.39, 0.29) is 11.4 Å². The molecule has 0 atom stereocenters. The summed E-state index contributed by atoms with van der Waals surface area (Å²) in [5, 5.41) is 0. The van der Waals surface area contributed by atoms with Gasteiger partial charge < -0.3 is 15.2 Å². The number of hydrogen-bond donors (Lipinski definition) is 1. The number of methoxy groups -OCH3 is 1. The van der Waals surface area contributed by atoms with Crippen LogP contribution >= 0.6 is 0 Å². The first-order valence-corrected chi connectivity index (χ1v) is 5.17. The summed E-state index contributed by atoms with van der Waals surface area (Å²) < 4.78 is 23.6. The molecule has 2 N–H and O–H groups in total. The van der Waals surface area contributed by atoms with E-state index >= 15 is 0 Å². The summed E-state index contributed by atoms with van der Waals surface area (Å²) >= 11 is 0. The van der Waals surface area contributed by atoms with Crippen molar-refractivity contribution in [3.8, 4) is 5.75 Å². The SMILES string of the molecule is COC(C)(C)CCOc1cc(F)ccc1N. The van der Waals surface area contributed by atoms with Gasteiger partial charge in [0.25, 0.3) is 0 Å². The molecule has 0 heterocycles. The van der Waals surface area contributed by atoms with Crippen molar-refractivity contribution in [3.63, 3.8) is 0 Å². The first kappa shape index (κ1) is 12.8. The summed E-state index contributed by atoms with van der Waals surface area (Å²) in [6.07, 6.45) is 0.708. The Balaban J connectivity index is 2.52. The van der Waals surface area contributed by atoms with Crippen molar-refractivity contribution in [2.24, 2.45) is 0 Å². The molecule has 3 nitrogen and oxygen atoms in total. The van der Waals surface area contributed by atoms with Crippen LogP contribution in [-0.4, -0.2) is 19.3 Å². The summed E-state index contributed by atoms with van der Waals surface area (Å²) in [7, 11) is 1.65. The van der Waals surface area contributed by atoms with E-state index in [1.54, 1.807) is 7.11 Å². The van der Waals surface area contributed by atoms with Crippen LogP contribution in [0.2, 0.25) is 0 Å². The fraction of sp³-hybridized carbons (Fsp3) is 0.500. The highest BCUT2D eigenvalue weighted by Gasteiger charge is 2.16. The summed E-state index contributed by atoms with van der Waals surface area (Å²) in [4.78, 5) is 0. The Labute approximate surface area is 95.4 Å². The average Bonchev–Trinajstić information content (AvgIpc) is 2.23. The van der Waals surface area contributed by atoms with E-state index < -0.39 is 0 Å². The zero-order valence-corrected chi connectivity index (χ0v) is 9.92. The third-order valence-electron chi connectivity index (χ3n) is 2.49. The molecule has 1 aromatic rings. The molecule has 0 aromatic heterocycles. The smallest absolute Gasteiger partial charge is 0.145 e. The molecular formula is C12H18FNO2. The highest BCUT2D eigenvalue weighted by molar-refractivity contribution is 5.52. The lowest BCUT2D eigenvalue weighted by Crippen LogP contribution is -2.25. The Hall–Kier alpha value is -1.29. The molecule has 0 aliphatic rings. The fourth-order valence-electron chi connectivity index (χ4n) is 1.14. The molecule has 0 fully saturated rings. The maximum absolute atomic E-state index is 12.9. The zero-order chi connectivity index (χ0) is 12.2. The molecule has 90 valence electrons. The monoisotopic (exact) mass is 227 g/mol. The largest absolute Gasteiger partial charge is 0.491 e. The van der Waals surface area contributed by atoms with Gasteiger partial charge in [-0.05, 0) is 26.0 Å². The Bertz CT molecular complexity index is 353. The topological polar surface area (TPSA) is 44.5 Å². The van der Waals surface area contributed by atoms with Gasteiger partial charge in [-0.3, -0.25) is 0 Å². The van der Waals surface area contributed by atoms with Gasteiger partial charge in [-0.15, -0.1) is 0 Å². The van der Waals surface area contributed by atoms with Crippen LogP contribution in [0, 0.1) is 5.82 Å². The Morgan fingerprint density at radius 3 is 2.69 bits per heavy atom. The van der Waals surface area contributed by atoms with Crippen molar-refractivity contribution >= 4 is 5.69 Å². The second-order valence-electron chi connectivity index (χ2n) is 4.24. The predicted octanol–water partition coefficient (Wildman–Crippen LogP) is 2.60. The van der Waals surface area contributed by atoms with Crippen molar-refractivity contribution < 1.29 is 13.9 Å². The maximum atomic E-state index is 12.9. The molecule has 0 saturated heterocycles. The minimum atomic E-state index is -0.352. The summed E-state index contributed by atoms with van der Waals surface area (Å²) in [5.41, 5.74) is 5.84. The molecule has 16 heavy (non-hydrogen) atoms. The van der Waals surface area contributed by atoms with Gasteiger partial charge in [0, 0.05) is 19.6 Å². The molecule has 0 bridgehead atoms. The molecule has 1 aromatic carbocycles. The molecule has 0 aliphatic heterocycles. The third-order valence-corrected chi connectivity index (χ3v) is 2.49. The molecule has 0 unspecified atom stereocenters. The van der Waals surface area contributed by atoms with Crippen molar-refractivity contribution in [2.75, 3.05) is 19.5 Å². The number of ether oxygens (including phenoxy) is 2. The number of rotatable bonds is 5. The molecule has 0 spiro atoms. The van der Waals surface area contributed by atoms with Crippen molar-refractivity contribution in [1.82, 2.24) is 0 Å². The minimum Gasteiger partial charge on any atom is -0.491 e. The number of benzene rings is 1. The van der Waals surface area contributed by atoms with Gasteiger partial charge >= 0.3 is 0 Å². The van der Waals surface area contributed by atoms with Crippen LogP contribution in [0.5, 0.6) is 5.75 Å². The van der Waals surface area contributed by atoms with Gasteiger partial charge in [-0.2, -0.15) is 0 Å². The number of anilines is 1. The Morgan fingerprint density at radius 1 is 1.38 bits per heavy atom. The van der Waals surface area contributed by atoms with E-state index in [0.717, 1.165) is 0 Å². The van der Waals surface area contributed by atoms with Gasteiger partial charge in [0.15, 0.2) is 0 Å². The Kier molecular flexibility index (Phi) is 4.12. The van der Waals surface area contributed by atoms with Crippen LogP contribution in [0.3, 0.4) is 0 Å². The van der Waals surface area contributed by atoms with Crippen LogP contribution in [0.4, 0.5) is 10.1 Å². The molecule has 4 heteroatoms. The summed E-state index contributed by atoms with van der Waals surface area (Å²) in [5.74, 6) is 0.0297. The van der Waals surface area contributed by atoms with Gasteiger partial charge in [0.05, 0.1) is 17.9 Å². The predicted molar refractivity (Wildman–Crippen MR) is 62.0 cm³/mol. The molecule has 0 amide bonds. The highest BCUT2D eigenvalue weighted by Crippen LogP contribution is 2.23. The quantitative estimate of drug-likeness (QED) is 0.786. The lowest BCUT2D eigenvalue weighted by molar-refractivity contribution is 0.00550. The zero-order valence-electron chi connectivity index (χ0n) is 9.92. The second kappa shape index (κ2) is 5.16. The van der Waals surface area contributed by atoms with Crippen LogP contribution < -0.4 is 10.5 Å². The van der Waals surface area contributed by atoms with Crippen molar-refractivity contribution in [1.29, 1.82) is 0 Å². The molecule has 0 saturated carbocycles. The van der Waals surface area contributed by atoms with Crippen LogP contribution in [-0.2, 0) is 4.74 Å². The van der Waals surface area contributed by atoms with Crippen molar-refractivity contribution in [2.45, 2.75) is 25.9 Å². The first-order chi connectivity index (χ1) is 7.44. The van der Waals surface area contributed by atoms with Gasteiger partial charge in [0.2, 0.25) is 0 Å². The van der Waals surface area contributed by atoms with Crippen LogP contribution in [0.25, 0.3) is 0 Å². The van der Waals surface area contributed by atoms with Crippen LogP contribution in [0.1, 0.15) is 20.3 Å². The molecule has 0 radical (unpaired) electrons. The summed E-state index contributed by atoms with van der Waals surface area (Å²) in [6.45, 7) is 4.37. The van der Waals surface area contributed by atoms with E-state index in [0.29, 0.717) is 24.5 Å². The molecule has 0 aliphatic carbocycles. The fourth-order valence-corrected chi connectivity index (χ4v) is 1.14.